The number of carboxylic acid groups (broad SMARTS) is 1. The molecule has 1 aliphatic heterocycles. The van der Waals surface area contributed by atoms with Gasteiger partial charge in [-0.15, -0.1) is 11.3 Å². The van der Waals surface area contributed by atoms with Gasteiger partial charge in [-0.2, -0.15) is 5.10 Å². The van der Waals surface area contributed by atoms with E-state index in [0.29, 0.717) is 46.2 Å². The summed E-state index contributed by atoms with van der Waals surface area (Å²) in [6.07, 6.45) is 4.24. The molecule has 3 N–H and O–H groups in total. The van der Waals surface area contributed by atoms with Crippen molar-refractivity contribution in [3.8, 4) is 11.5 Å². The second-order valence-corrected chi connectivity index (χ2v) is 8.30. The zero-order chi connectivity index (χ0) is 22.7. The number of ether oxygens (including phenoxy) is 2. The lowest BCUT2D eigenvalue weighted by Gasteiger charge is -2.24. The number of aliphatic carboxylic acids is 1. The molecule has 0 radical (unpaired) electrons. The first kappa shape index (κ1) is 21.6. The van der Waals surface area contributed by atoms with Crippen LogP contribution in [-0.4, -0.2) is 35.4 Å². The quantitative estimate of drug-likeness (QED) is 0.349. The van der Waals surface area contributed by atoms with Crippen LogP contribution in [-0.2, 0) is 9.59 Å². The van der Waals surface area contributed by atoms with Gasteiger partial charge in [0.2, 0.25) is 12.7 Å². The number of nitrogens with one attached hydrogen (secondary N) is 2. The van der Waals surface area contributed by atoms with Crippen LogP contribution in [0.2, 0.25) is 0 Å². The minimum absolute atomic E-state index is 0.0476. The molecular weight excluding hydrogens is 434 g/mol. The molecule has 0 bridgehead atoms. The van der Waals surface area contributed by atoms with Crippen LogP contribution >= 0.6 is 11.3 Å². The summed E-state index contributed by atoms with van der Waals surface area (Å²) < 4.78 is 10.9. The predicted molar refractivity (Wildman–Crippen MR) is 118 cm³/mol. The Bertz CT molecular complexity index is 1110. The zero-order valence-corrected chi connectivity index (χ0v) is 18.0. The summed E-state index contributed by atoms with van der Waals surface area (Å²) in [6.45, 7) is 1.73. The molecule has 32 heavy (non-hydrogen) atoms. The molecule has 4 rings (SSSR count). The van der Waals surface area contributed by atoms with Gasteiger partial charge >= 0.3 is 5.97 Å². The van der Waals surface area contributed by atoms with E-state index in [0.717, 1.165) is 0 Å². The van der Waals surface area contributed by atoms with E-state index in [9.17, 15) is 19.5 Å². The van der Waals surface area contributed by atoms with E-state index < -0.39 is 23.7 Å². The Morgan fingerprint density at radius 2 is 1.84 bits per heavy atom. The summed E-state index contributed by atoms with van der Waals surface area (Å²) in [6, 6.07) is 6.74. The van der Waals surface area contributed by atoms with Gasteiger partial charge in [0.25, 0.3) is 5.91 Å². The fraction of sp³-hybridized carbons (Fsp3) is 0.273. The minimum Gasteiger partial charge on any atom is -0.481 e. The molecule has 2 aromatic rings. The van der Waals surface area contributed by atoms with Gasteiger partial charge in [0.1, 0.15) is 0 Å². The summed E-state index contributed by atoms with van der Waals surface area (Å²) >= 11 is 1.30. The molecule has 0 spiro atoms. The van der Waals surface area contributed by atoms with Gasteiger partial charge in [-0.25, -0.2) is 5.43 Å². The van der Waals surface area contributed by atoms with E-state index in [-0.39, 0.29) is 12.7 Å². The van der Waals surface area contributed by atoms with Crippen LogP contribution in [0.3, 0.4) is 0 Å². The van der Waals surface area contributed by atoms with Crippen molar-refractivity contribution in [1.82, 2.24) is 5.43 Å². The average molecular weight is 455 g/mol. The Kier molecular flexibility index (Phi) is 6.22. The molecule has 0 saturated carbocycles. The summed E-state index contributed by atoms with van der Waals surface area (Å²) in [5.74, 6) is -2.31. The van der Waals surface area contributed by atoms with Crippen molar-refractivity contribution in [2.45, 2.75) is 19.8 Å². The van der Waals surface area contributed by atoms with Gasteiger partial charge in [-0.05, 0) is 37.3 Å². The normalized spacial score (nSPS) is 19.5. The highest BCUT2D eigenvalue weighted by atomic mass is 32.1. The summed E-state index contributed by atoms with van der Waals surface area (Å²) in [5, 5.41) is 18.3. The van der Waals surface area contributed by atoms with Crippen LogP contribution in [0, 0.1) is 11.8 Å². The Morgan fingerprint density at radius 1 is 1.12 bits per heavy atom. The zero-order valence-electron chi connectivity index (χ0n) is 17.2. The van der Waals surface area contributed by atoms with Crippen LogP contribution in [0.4, 0.5) is 5.69 Å². The maximum atomic E-state index is 13.0. The first-order valence-corrected chi connectivity index (χ1v) is 10.8. The van der Waals surface area contributed by atoms with E-state index >= 15 is 0 Å². The van der Waals surface area contributed by atoms with E-state index in [1.54, 1.807) is 42.6 Å². The number of carbonyl (C=O) groups excluding carboxylic acids is 2. The number of rotatable bonds is 6. The molecule has 166 valence electrons. The van der Waals surface area contributed by atoms with Crippen molar-refractivity contribution < 1.29 is 29.0 Å². The van der Waals surface area contributed by atoms with Crippen molar-refractivity contribution in [3.05, 3.63) is 52.2 Å². The van der Waals surface area contributed by atoms with Gasteiger partial charge in [0, 0.05) is 11.6 Å². The van der Waals surface area contributed by atoms with Crippen molar-refractivity contribution in [1.29, 1.82) is 0 Å². The number of thiophene rings is 1. The molecule has 0 fully saturated rings. The average Bonchev–Trinajstić information content (AvgIpc) is 3.48. The van der Waals surface area contributed by atoms with Crippen LogP contribution in [0.15, 0.2) is 46.9 Å². The number of hydrazone groups is 1. The molecule has 2 amide bonds. The predicted octanol–water partition coefficient (Wildman–Crippen LogP) is 3.24. The molecule has 1 aliphatic carbocycles. The van der Waals surface area contributed by atoms with Crippen molar-refractivity contribution in [2.24, 2.45) is 16.9 Å². The highest BCUT2D eigenvalue weighted by molar-refractivity contribution is 7.12. The lowest BCUT2D eigenvalue weighted by Crippen LogP contribution is -2.35. The lowest BCUT2D eigenvalue weighted by atomic mass is 9.82. The Hall–Kier alpha value is -3.66. The highest BCUT2D eigenvalue weighted by Gasteiger charge is 2.34. The third-order valence-corrected chi connectivity index (χ3v) is 6.19. The number of nitrogens with zero attached hydrogens (tertiary/aromatic N) is 1. The largest absolute Gasteiger partial charge is 0.481 e. The molecule has 2 heterocycles. The highest BCUT2D eigenvalue weighted by Crippen LogP contribution is 2.38. The number of hydrogen-bond acceptors (Lipinski definition) is 7. The maximum Gasteiger partial charge on any atom is 0.307 e. The molecule has 1 aromatic heterocycles. The van der Waals surface area contributed by atoms with Crippen molar-refractivity contribution in [3.63, 3.8) is 0 Å². The fourth-order valence-electron chi connectivity index (χ4n) is 3.60. The maximum absolute atomic E-state index is 13.0. The monoisotopic (exact) mass is 455 g/mol. The molecule has 0 unspecified atom stereocenters. The molecule has 2 aliphatic rings. The van der Waals surface area contributed by atoms with Crippen molar-refractivity contribution in [2.75, 3.05) is 12.1 Å². The molecule has 10 heteroatoms. The van der Waals surface area contributed by atoms with E-state index in [4.69, 9.17) is 9.47 Å². The number of hydrogen-bond donors (Lipinski definition) is 3. The van der Waals surface area contributed by atoms with Gasteiger partial charge < -0.3 is 19.9 Å². The standard InChI is InChI=1S/C22H21N3O6S/c1-12(24-25-21(27)19-7-4-8-32-19)15-9-17-18(31-11-30-17)10-16(15)23-20(26)13-5-2-3-6-14(13)22(28)29/h2-4,7-10,13-14H,5-6,11H2,1H3,(H,23,26)(H,25,27)(H,28,29)/t13-,14+/m1/s1. The number of allylic oxidation sites excluding steroid dienone is 2. The fourth-order valence-corrected chi connectivity index (χ4v) is 4.22. The second-order valence-electron chi connectivity index (χ2n) is 7.35. The Balaban J connectivity index is 1.59. The third-order valence-electron chi connectivity index (χ3n) is 5.32. The number of carbonyl (C=O) groups is 3. The lowest BCUT2D eigenvalue weighted by molar-refractivity contribution is -0.146. The minimum atomic E-state index is -1.01. The third kappa shape index (κ3) is 4.50. The van der Waals surface area contributed by atoms with Gasteiger partial charge in [-0.1, -0.05) is 18.2 Å². The molecular formula is C22H21N3O6S. The molecule has 9 nitrogen and oxygen atoms in total. The van der Waals surface area contributed by atoms with Gasteiger partial charge in [0.15, 0.2) is 11.5 Å². The summed E-state index contributed by atoms with van der Waals surface area (Å²) in [4.78, 5) is 37.3. The molecule has 2 atom stereocenters. The molecule has 0 saturated heterocycles. The summed E-state index contributed by atoms with van der Waals surface area (Å²) in [5.41, 5.74) is 3.85. The first-order chi connectivity index (χ1) is 15.4. The second kappa shape index (κ2) is 9.23. The number of benzene rings is 1. The first-order valence-electron chi connectivity index (χ1n) is 9.95. The summed E-state index contributed by atoms with van der Waals surface area (Å²) in [7, 11) is 0. The number of carboxylic acids is 1. The van der Waals surface area contributed by atoms with E-state index in [1.807, 2.05) is 6.08 Å². The molecule has 1 aromatic carbocycles. The van der Waals surface area contributed by atoms with Crippen LogP contribution < -0.4 is 20.2 Å². The Labute approximate surface area is 187 Å². The Morgan fingerprint density at radius 3 is 2.53 bits per heavy atom. The topological polar surface area (TPSA) is 126 Å². The smallest absolute Gasteiger partial charge is 0.307 e. The number of fused-ring (bicyclic) bond motifs is 1. The van der Waals surface area contributed by atoms with Crippen LogP contribution in [0.5, 0.6) is 11.5 Å². The van der Waals surface area contributed by atoms with Gasteiger partial charge in [0.05, 0.1) is 28.1 Å². The SMILES string of the molecule is CC(=NNC(=O)c1cccs1)c1cc2c(cc1NC(=O)[C@@H]1CC=CC[C@@H]1C(=O)O)OCO2. The number of amides is 2. The van der Waals surface area contributed by atoms with E-state index in [1.165, 1.54) is 11.3 Å². The van der Waals surface area contributed by atoms with Crippen LogP contribution in [0.1, 0.15) is 35.0 Å². The number of anilines is 1. The van der Waals surface area contributed by atoms with Crippen molar-refractivity contribution >= 4 is 40.5 Å². The van der Waals surface area contributed by atoms with Gasteiger partial charge in [-0.3, -0.25) is 14.4 Å². The van der Waals surface area contributed by atoms with Crippen LogP contribution in [0.25, 0.3) is 0 Å². The van der Waals surface area contributed by atoms with E-state index in [2.05, 4.69) is 15.8 Å².